The summed E-state index contributed by atoms with van der Waals surface area (Å²) >= 11 is 0. The van der Waals surface area contributed by atoms with Crippen LogP contribution in [0.15, 0.2) is 11.4 Å². The van der Waals surface area contributed by atoms with Crippen LogP contribution in [-0.4, -0.2) is 106 Å². The molecule has 38 heavy (non-hydrogen) atoms. The van der Waals surface area contributed by atoms with E-state index in [1.807, 2.05) is 0 Å². The van der Waals surface area contributed by atoms with Gasteiger partial charge in [-0.2, -0.15) is 4.31 Å². The molecule has 0 aromatic carbocycles. The van der Waals surface area contributed by atoms with Gasteiger partial charge in [-0.1, -0.05) is 0 Å². The van der Waals surface area contributed by atoms with Gasteiger partial charge in [-0.05, 0) is 10.6 Å². The third-order valence-electron chi connectivity index (χ3n) is 5.83. The zero-order valence-electron chi connectivity index (χ0n) is 18.7. The number of hydrogen-bond donors (Lipinski definition) is 7. The number of azide groups is 1. The topological polar surface area (TPSA) is 306 Å². The van der Waals surface area contributed by atoms with Crippen molar-refractivity contribution < 1.29 is 62.2 Å². The van der Waals surface area contributed by atoms with Gasteiger partial charge in [-0.3, -0.25) is 13.6 Å². The summed E-state index contributed by atoms with van der Waals surface area (Å²) in [5.41, 5.74) is 8.94. The van der Waals surface area contributed by atoms with Gasteiger partial charge < -0.3 is 45.0 Å². The Kier molecular flexibility index (Phi) is 7.18. The van der Waals surface area contributed by atoms with Crippen LogP contribution in [-0.2, 0) is 32.0 Å². The number of aromatic nitrogens is 4. The molecule has 0 radical (unpaired) electrons. The summed E-state index contributed by atoms with van der Waals surface area (Å²) in [6.07, 6.45) is -11.5. The molecule has 0 aliphatic carbocycles. The van der Waals surface area contributed by atoms with Gasteiger partial charge in [0, 0.05) is 4.91 Å². The molecule has 7 N–H and O–H groups in total. The molecule has 9 atom stereocenters. The Labute approximate surface area is 210 Å². The summed E-state index contributed by atoms with van der Waals surface area (Å²) in [4.78, 5) is 33.3. The number of phosphoric ester groups is 1. The summed E-state index contributed by atoms with van der Waals surface area (Å²) in [7, 11) is -10.6. The van der Waals surface area contributed by atoms with Gasteiger partial charge in [-0.15, -0.1) is 0 Å². The zero-order valence-corrected chi connectivity index (χ0v) is 20.5. The molecule has 0 amide bonds. The van der Waals surface area contributed by atoms with Crippen molar-refractivity contribution in [2.75, 3.05) is 18.5 Å². The lowest BCUT2D eigenvalue weighted by Gasteiger charge is -2.23. The van der Waals surface area contributed by atoms with Crippen LogP contribution >= 0.6 is 15.6 Å². The van der Waals surface area contributed by atoms with Gasteiger partial charge in [-0.25, -0.2) is 24.1 Å². The Bertz CT molecular complexity index is 1370. The molecule has 0 unspecified atom stereocenters. The van der Waals surface area contributed by atoms with E-state index in [9.17, 15) is 39.3 Å². The Balaban J connectivity index is 1.61. The highest BCUT2D eigenvalue weighted by Gasteiger charge is 2.49. The monoisotopic (exact) mass is 582 g/mol. The van der Waals surface area contributed by atoms with Crippen molar-refractivity contribution in [1.29, 1.82) is 0 Å². The number of hydrogen-bond acceptors (Lipinski definition) is 16. The maximum atomic E-state index is 13.0. The van der Waals surface area contributed by atoms with Crippen LogP contribution in [0.4, 0.5) is 11.8 Å². The van der Waals surface area contributed by atoms with Crippen molar-refractivity contribution in [3.63, 3.8) is 0 Å². The van der Waals surface area contributed by atoms with Crippen LogP contribution in [0.2, 0.25) is 0 Å². The molecule has 5 rings (SSSR count). The zero-order chi connectivity index (χ0) is 27.4. The second-order valence-corrected chi connectivity index (χ2v) is 11.3. The highest BCUT2D eigenvalue weighted by Crippen LogP contribution is 2.61. The summed E-state index contributed by atoms with van der Waals surface area (Å²) < 4.78 is 50.7. The number of anilines is 1. The van der Waals surface area contributed by atoms with E-state index < -0.39 is 77.9 Å². The largest absolute Gasteiger partial charge is 0.483 e. The Morgan fingerprint density at radius 1 is 1.11 bits per heavy atom. The predicted molar refractivity (Wildman–Crippen MR) is 117 cm³/mol. The molecule has 3 aliphatic rings. The Hall–Kier alpha value is -2.32. The first-order chi connectivity index (χ1) is 17.9. The van der Waals surface area contributed by atoms with Crippen LogP contribution in [0.1, 0.15) is 6.23 Å². The SMILES string of the molecule is [N-]=[N+]=Nc1nc2c3ncnc2n1[C@@H]1O[C@H](CO[P@@](=O)(OP(=O)(O)O)OC[C@H]2O[C@H](N3)[C@H](O)[C@@H]2O)[C@@H](O)[C@H]1O. The van der Waals surface area contributed by atoms with E-state index in [1.165, 1.54) is 0 Å². The van der Waals surface area contributed by atoms with Crippen LogP contribution in [0.25, 0.3) is 21.6 Å². The highest BCUT2D eigenvalue weighted by atomic mass is 31.3. The third-order valence-corrected chi connectivity index (χ3v) is 8.41. The first kappa shape index (κ1) is 27.3. The van der Waals surface area contributed by atoms with E-state index in [4.69, 9.17) is 24.1 Å². The van der Waals surface area contributed by atoms with Gasteiger partial charge in [0.1, 0.15) is 43.0 Å². The minimum Gasteiger partial charge on any atom is -0.387 e. The number of aliphatic hydroxyl groups is 4. The average Bonchev–Trinajstić information content (AvgIpc) is 3.43. The first-order valence-corrected chi connectivity index (χ1v) is 13.6. The number of imidazole rings is 1. The minimum atomic E-state index is -5.47. The van der Waals surface area contributed by atoms with E-state index in [-0.39, 0.29) is 22.9 Å². The summed E-state index contributed by atoms with van der Waals surface area (Å²) in [5, 5.41) is 48.2. The maximum absolute atomic E-state index is 13.0. The second kappa shape index (κ2) is 10.0. The molecule has 23 heteroatoms. The molecular formula is C15H20N8O13P2. The number of rotatable bonds is 3. The number of nitrogens with one attached hydrogen (secondary N) is 1. The summed E-state index contributed by atoms with van der Waals surface area (Å²) in [5.74, 6) is -0.450. The fourth-order valence-corrected chi connectivity index (χ4v) is 6.27. The van der Waals surface area contributed by atoms with Crippen molar-refractivity contribution >= 4 is 38.6 Å². The number of fused-ring (bicyclic) bond motifs is 5. The molecule has 2 fully saturated rings. The summed E-state index contributed by atoms with van der Waals surface area (Å²) in [6.45, 7) is -1.74. The Morgan fingerprint density at radius 3 is 2.42 bits per heavy atom. The van der Waals surface area contributed by atoms with Gasteiger partial charge >= 0.3 is 15.6 Å². The predicted octanol–water partition coefficient (Wildman–Crippen LogP) is -1.49. The highest BCUT2D eigenvalue weighted by molar-refractivity contribution is 7.61. The van der Waals surface area contributed by atoms with Gasteiger partial charge in [0.05, 0.1) is 13.2 Å². The molecule has 3 aliphatic heterocycles. The number of phosphoric acid groups is 2. The quantitative estimate of drug-likeness (QED) is 0.0938. The third kappa shape index (κ3) is 5.02. The molecule has 2 saturated heterocycles. The standard InChI is InChI=1S/C15H20N8O13P2/c16-22-21-15-19-6-11-17-3-18-12(6)23(15)14-10(27)8(25)5(35-14)2-33-38(31,36-37(28,29)30)32-1-4-7(24)9(26)13(20-11)34-4/h3-5,7-10,13-14,24-27H,1-2H2,(H,17,18,20)(H2,28,29,30)/t4-,5-,7-,8-,9-,10-,13+,14-,38+/m1/s1. The van der Waals surface area contributed by atoms with Crippen molar-refractivity contribution in [3.8, 4) is 0 Å². The number of aliphatic hydroxyl groups excluding tert-OH is 4. The van der Waals surface area contributed by atoms with Gasteiger partial charge in [0.15, 0.2) is 29.4 Å². The van der Waals surface area contributed by atoms with Crippen molar-refractivity contribution in [1.82, 2.24) is 19.5 Å². The lowest BCUT2D eigenvalue weighted by atomic mass is 10.1. The van der Waals surface area contributed by atoms with Gasteiger partial charge in [0.2, 0.25) is 5.95 Å². The lowest BCUT2D eigenvalue weighted by molar-refractivity contribution is -0.0539. The average molecular weight is 582 g/mol. The number of ether oxygens (including phenoxy) is 2. The molecular weight excluding hydrogens is 562 g/mol. The van der Waals surface area contributed by atoms with Gasteiger partial charge in [0.25, 0.3) is 0 Å². The number of nitrogens with zero attached hydrogens (tertiary/aromatic N) is 7. The van der Waals surface area contributed by atoms with Crippen LogP contribution < -0.4 is 5.32 Å². The van der Waals surface area contributed by atoms with Crippen molar-refractivity contribution in [2.45, 2.75) is 49.1 Å². The van der Waals surface area contributed by atoms with Crippen LogP contribution in [0.5, 0.6) is 0 Å². The molecule has 5 heterocycles. The normalized spacial score (nSPS) is 37.7. The van der Waals surface area contributed by atoms with Crippen molar-refractivity contribution in [3.05, 3.63) is 16.8 Å². The first-order valence-electron chi connectivity index (χ1n) is 10.6. The fraction of sp³-hybridized carbons (Fsp3) is 0.667. The maximum Gasteiger partial charge on any atom is 0.483 e. The minimum absolute atomic E-state index is 0.0310. The lowest BCUT2D eigenvalue weighted by Crippen LogP contribution is -2.37. The molecule has 0 spiro atoms. The van der Waals surface area contributed by atoms with E-state index in [2.05, 4.69) is 34.6 Å². The molecule has 8 bridgehead atoms. The smallest absolute Gasteiger partial charge is 0.387 e. The van der Waals surface area contributed by atoms with Crippen LogP contribution in [0, 0.1) is 0 Å². The van der Waals surface area contributed by atoms with E-state index in [0.717, 1.165) is 10.9 Å². The second-order valence-electron chi connectivity index (χ2n) is 8.24. The van der Waals surface area contributed by atoms with E-state index in [0.29, 0.717) is 0 Å². The Morgan fingerprint density at radius 2 is 1.76 bits per heavy atom. The van der Waals surface area contributed by atoms with Crippen LogP contribution in [0.3, 0.4) is 0 Å². The molecule has 208 valence electrons. The fourth-order valence-electron chi connectivity index (χ4n) is 4.11. The molecule has 2 aromatic heterocycles. The van der Waals surface area contributed by atoms with E-state index >= 15 is 0 Å². The van der Waals surface area contributed by atoms with E-state index in [1.54, 1.807) is 0 Å². The molecule has 2 aromatic rings. The van der Waals surface area contributed by atoms with Crippen molar-refractivity contribution in [2.24, 2.45) is 5.11 Å². The molecule has 0 saturated carbocycles. The molecule has 21 nitrogen and oxygen atoms in total. The summed E-state index contributed by atoms with van der Waals surface area (Å²) in [6, 6.07) is 0.